The highest BCUT2D eigenvalue weighted by Crippen LogP contribution is 2.48. The van der Waals surface area contributed by atoms with Crippen molar-refractivity contribution in [2.75, 3.05) is 13.2 Å². The fraction of sp³-hybridized carbons (Fsp3) is 0.565. The molecule has 0 saturated heterocycles. The highest BCUT2D eigenvalue weighted by Gasteiger charge is 2.34. The number of fused-ring (bicyclic) bond motifs is 1. The van der Waals surface area contributed by atoms with Crippen molar-refractivity contribution in [3.63, 3.8) is 0 Å². The van der Waals surface area contributed by atoms with Gasteiger partial charge < -0.3 is 9.84 Å². The van der Waals surface area contributed by atoms with Gasteiger partial charge in [0, 0.05) is 5.56 Å². The number of benzene rings is 1. The zero-order valence-electron chi connectivity index (χ0n) is 17.3. The van der Waals surface area contributed by atoms with Crippen LogP contribution in [0.1, 0.15) is 78.0 Å². The van der Waals surface area contributed by atoms with Crippen LogP contribution in [0.5, 0.6) is 5.75 Å². The molecule has 0 saturated carbocycles. The molecule has 0 aliphatic heterocycles. The van der Waals surface area contributed by atoms with Gasteiger partial charge in [0.05, 0.1) is 13.2 Å². The number of rotatable bonds is 5. The molecule has 2 nitrogen and oxygen atoms in total. The van der Waals surface area contributed by atoms with E-state index in [2.05, 4.69) is 52.8 Å². The maximum atomic E-state index is 14.4. The zero-order valence-corrected chi connectivity index (χ0v) is 17.3. The van der Waals surface area contributed by atoms with Gasteiger partial charge in [-0.25, -0.2) is 4.39 Å². The van der Waals surface area contributed by atoms with Crippen LogP contribution in [0.3, 0.4) is 0 Å². The minimum absolute atomic E-state index is 0.0000796. The number of halogens is 1. The molecule has 0 radical (unpaired) electrons. The quantitative estimate of drug-likeness (QED) is 0.669. The summed E-state index contributed by atoms with van der Waals surface area (Å²) in [7, 11) is 0. The van der Waals surface area contributed by atoms with Crippen LogP contribution in [0, 0.1) is 5.41 Å². The first-order chi connectivity index (χ1) is 12.1. The molecule has 144 valence electrons. The molecule has 0 amide bonds. The fourth-order valence-corrected chi connectivity index (χ4v) is 3.78. The Bertz CT molecular complexity index is 733. The van der Waals surface area contributed by atoms with Crippen LogP contribution < -0.4 is 4.74 Å². The molecule has 0 aromatic heterocycles. The molecule has 3 heteroatoms. The number of aliphatic hydroxyl groups excluding tert-OH is 1. The summed E-state index contributed by atoms with van der Waals surface area (Å²) in [5.74, 6) is 0.222. The lowest BCUT2D eigenvalue weighted by atomic mass is 9.67. The van der Waals surface area contributed by atoms with Crippen LogP contribution in [0.15, 0.2) is 24.0 Å². The van der Waals surface area contributed by atoms with E-state index < -0.39 is 12.4 Å². The van der Waals surface area contributed by atoms with Crippen molar-refractivity contribution in [1.29, 1.82) is 0 Å². The van der Waals surface area contributed by atoms with E-state index in [-0.39, 0.29) is 10.8 Å². The van der Waals surface area contributed by atoms with Crippen molar-refractivity contribution < 1.29 is 14.2 Å². The summed E-state index contributed by atoms with van der Waals surface area (Å²) in [5.41, 5.74) is 4.99. The van der Waals surface area contributed by atoms with Gasteiger partial charge in [-0.1, -0.05) is 47.6 Å². The largest absolute Gasteiger partial charge is 0.493 e. The van der Waals surface area contributed by atoms with Crippen molar-refractivity contribution in [2.24, 2.45) is 5.41 Å². The van der Waals surface area contributed by atoms with Gasteiger partial charge in [-0.05, 0) is 65.0 Å². The second-order valence-corrected chi connectivity index (χ2v) is 8.68. The van der Waals surface area contributed by atoms with Gasteiger partial charge >= 0.3 is 0 Å². The molecule has 1 aromatic carbocycles. The lowest BCUT2D eigenvalue weighted by Gasteiger charge is -2.37. The molecule has 1 N–H and O–H groups in total. The number of hydrogen-bond donors (Lipinski definition) is 1. The Labute approximate surface area is 157 Å². The smallest absolute Gasteiger partial charge is 0.129 e. The van der Waals surface area contributed by atoms with E-state index in [9.17, 15) is 9.50 Å². The number of allylic oxidation sites excluding steroid dienone is 3. The second-order valence-electron chi connectivity index (χ2n) is 8.68. The van der Waals surface area contributed by atoms with Crippen LogP contribution >= 0.6 is 0 Å². The monoisotopic (exact) mass is 360 g/mol. The van der Waals surface area contributed by atoms with Gasteiger partial charge in [-0.2, -0.15) is 0 Å². The molecule has 2 rings (SSSR count). The Morgan fingerprint density at radius 3 is 2.38 bits per heavy atom. The topological polar surface area (TPSA) is 29.5 Å². The van der Waals surface area contributed by atoms with Gasteiger partial charge in [-0.15, -0.1) is 0 Å². The number of hydrogen-bond acceptors (Lipinski definition) is 2. The summed E-state index contributed by atoms with van der Waals surface area (Å²) in [5, 5.41) is 9.34. The maximum absolute atomic E-state index is 14.4. The molecular weight excluding hydrogens is 327 g/mol. The third kappa shape index (κ3) is 3.88. The van der Waals surface area contributed by atoms with Crippen LogP contribution in [0.4, 0.5) is 4.39 Å². The zero-order chi connectivity index (χ0) is 19.7. The maximum Gasteiger partial charge on any atom is 0.129 e. The summed E-state index contributed by atoms with van der Waals surface area (Å²) < 4.78 is 20.3. The third-order valence-electron chi connectivity index (χ3n) is 5.21. The average Bonchev–Trinajstić information content (AvgIpc) is 2.55. The van der Waals surface area contributed by atoms with Crippen molar-refractivity contribution in [2.45, 2.75) is 66.7 Å². The first kappa shape index (κ1) is 20.7. The lowest BCUT2D eigenvalue weighted by molar-refractivity contribution is 0.298. The van der Waals surface area contributed by atoms with E-state index in [0.29, 0.717) is 24.4 Å². The molecule has 1 aliphatic rings. The van der Waals surface area contributed by atoms with Gasteiger partial charge in [0.2, 0.25) is 0 Å². The number of ether oxygens (including phenoxy) is 1. The van der Waals surface area contributed by atoms with E-state index in [1.54, 1.807) is 0 Å². The summed E-state index contributed by atoms with van der Waals surface area (Å²) in [6.45, 7) is 14.9. The van der Waals surface area contributed by atoms with Crippen molar-refractivity contribution in [3.05, 3.63) is 40.7 Å². The Balaban J connectivity index is 2.83. The molecule has 1 aromatic rings. The third-order valence-corrected chi connectivity index (χ3v) is 5.21. The minimum Gasteiger partial charge on any atom is -0.493 e. The van der Waals surface area contributed by atoms with E-state index in [4.69, 9.17) is 4.74 Å². The van der Waals surface area contributed by atoms with Gasteiger partial charge in [-0.3, -0.25) is 0 Å². The molecule has 26 heavy (non-hydrogen) atoms. The summed E-state index contributed by atoms with van der Waals surface area (Å²) in [6.07, 6.45) is 3.80. The average molecular weight is 361 g/mol. The first-order valence-corrected chi connectivity index (χ1v) is 9.57. The first-order valence-electron chi connectivity index (χ1n) is 9.57. The highest BCUT2D eigenvalue weighted by molar-refractivity contribution is 5.81. The predicted octanol–water partition coefficient (Wildman–Crippen LogP) is 6.28. The Hall–Kier alpha value is -1.61. The molecule has 1 aliphatic carbocycles. The summed E-state index contributed by atoms with van der Waals surface area (Å²) >= 11 is 0. The van der Waals surface area contributed by atoms with Crippen LogP contribution in [0.2, 0.25) is 0 Å². The predicted molar refractivity (Wildman–Crippen MR) is 108 cm³/mol. The number of aliphatic hydroxyl groups is 1. The Kier molecular flexibility index (Phi) is 6.02. The van der Waals surface area contributed by atoms with E-state index in [1.807, 2.05) is 13.8 Å². The highest BCUT2D eigenvalue weighted by atomic mass is 19.1. The second kappa shape index (κ2) is 7.56. The van der Waals surface area contributed by atoms with Gasteiger partial charge in [0.1, 0.15) is 11.6 Å². The van der Waals surface area contributed by atoms with Crippen LogP contribution in [-0.4, -0.2) is 18.3 Å². The normalized spacial score (nSPS) is 17.3. The molecule has 0 fully saturated rings. The van der Waals surface area contributed by atoms with Gasteiger partial charge in [0.25, 0.3) is 0 Å². The SMILES string of the molecule is CCOc1cc2c(cc1C(CC)=C(F)CO)C(C(C)(C)C)=CCC2(C)C. The Morgan fingerprint density at radius 1 is 1.23 bits per heavy atom. The van der Waals surface area contributed by atoms with Crippen LogP contribution in [-0.2, 0) is 5.41 Å². The van der Waals surface area contributed by atoms with E-state index >= 15 is 0 Å². The van der Waals surface area contributed by atoms with E-state index in [1.165, 1.54) is 16.7 Å². The van der Waals surface area contributed by atoms with E-state index in [0.717, 1.165) is 12.0 Å². The molecule has 0 heterocycles. The molecule has 0 atom stereocenters. The van der Waals surface area contributed by atoms with Gasteiger partial charge in [0.15, 0.2) is 0 Å². The summed E-state index contributed by atoms with van der Waals surface area (Å²) in [4.78, 5) is 0. The lowest BCUT2D eigenvalue weighted by Crippen LogP contribution is -2.25. The Morgan fingerprint density at radius 2 is 1.88 bits per heavy atom. The fourth-order valence-electron chi connectivity index (χ4n) is 3.78. The molecule has 0 unspecified atom stereocenters. The van der Waals surface area contributed by atoms with Crippen molar-refractivity contribution in [3.8, 4) is 5.75 Å². The van der Waals surface area contributed by atoms with Crippen molar-refractivity contribution >= 4 is 11.1 Å². The van der Waals surface area contributed by atoms with Crippen molar-refractivity contribution in [1.82, 2.24) is 0 Å². The molecular formula is C23H33FO2. The minimum atomic E-state index is -0.584. The molecule has 0 bridgehead atoms. The molecule has 0 spiro atoms. The summed E-state index contributed by atoms with van der Waals surface area (Å²) in [6, 6.07) is 4.17. The van der Waals surface area contributed by atoms with Crippen LogP contribution in [0.25, 0.3) is 11.1 Å². The standard InChI is InChI=1S/C23H33FO2/c1-8-15(20(24)14-25)16-12-17-18(22(3,4)5)10-11-23(6,7)19(17)13-21(16)26-9-2/h10,12-13,25H,8-9,11,14H2,1-7H3.